The van der Waals surface area contributed by atoms with E-state index in [1.165, 1.54) is 0 Å². The fraction of sp³-hybridized carbons (Fsp3) is 0.500. The molecular formula is C16H25N3O2. The quantitative estimate of drug-likeness (QED) is 0.789. The molecule has 0 aliphatic rings. The maximum Gasteiger partial charge on any atom is 0.244 e. The summed E-state index contributed by atoms with van der Waals surface area (Å²) in [5.41, 5.74) is 7.52. The van der Waals surface area contributed by atoms with Crippen LogP contribution in [0.2, 0.25) is 0 Å². The van der Waals surface area contributed by atoms with Crippen LogP contribution in [0.1, 0.15) is 31.9 Å². The van der Waals surface area contributed by atoms with Gasteiger partial charge in [-0.05, 0) is 31.9 Å². The molecule has 116 valence electrons. The van der Waals surface area contributed by atoms with Crippen molar-refractivity contribution in [2.24, 2.45) is 5.73 Å². The fourth-order valence-electron chi connectivity index (χ4n) is 2.27. The maximum absolute atomic E-state index is 12.1. The van der Waals surface area contributed by atoms with Crippen LogP contribution in [-0.2, 0) is 22.6 Å². The molecule has 1 aromatic carbocycles. The van der Waals surface area contributed by atoms with Crippen LogP contribution in [0.15, 0.2) is 24.3 Å². The number of likely N-dealkylation sites (N-methyl/N-ethyl adjacent to an activating group) is 1. The molecule has 5 nitrogen and oxygen atoms in total. The molecule has 0 radical (unpaired) electrons. The number of rotatable bonds is 7. The van der Waals surface area contributed by atoms with Gasteiger partial charge in [0.05, 0.1) is 6.42 Å². The SMILES string of the molecule is CCN(CC)C(=O)C(C)NC(=O)Cc1ccccc1CN. The molecule has 0 spiro atoms. The van der Waals surface area contributed by atoms with Crippen LogP contribution in [0.3, 0.4) is 0 Å². The molecule has 0 heterocycles. The van der Waals surface area contributed by atoms with E-state index in [-0.39, 0.29) is 18.2 Å². The van der Waals surface area contributed by atoms with Gasteiger partial charge in [0.25, 0.3) is 0 Å². The Morgan fingerprint density at radius 3 is 2.29 bits per heavy atom. The highest BCUT2D eigenvalue weighted by atomic mass is 16.2. The van der Waals surface area contributed by atoms with Crippen molar-refractivity contribution in [3.8, 4) is 0 Å². The highest BCUT2D eigenvalue weighted by Gasteiger charge is 2.20. The maximum atomic E-state index is 12.1. The zero-order valence-electron chi connectivity index (χ0n) is 13.1. The molecule has 1 rings (SSSR count). The Balaban J connectivity index is 2.63. The number of carbonyl (C=O) groups excluding carboxylic acids is 2. The van der Waals surface area contributed by atoms with E-state index < -0.39 is 6.04 Å². The summed E-state index contributed by atoms with van der Waals surface area (Å²) in [6.07, 6.45) is 0.239. The van der Waals surface area contributed by atoms with Crippen LogP contribution in [0.4, 0.5) is 0 Å². The van der Waals surface area contributed by atoms with E-state index in [9.17, 15) is 9.59 Å². The minimum absolute atomic E-state index is 0.0551. The molecule has 0 saturated carbocycles. The molecule has 1 aromatic rings. The van der Waals surface area contributed by atoms with Gasteiger partial charge in [-0.2, -0.15) is 0 Å². The number of nitrogens with zero attached hydrogens (tertiary/aromatic N) is 1. The van der Waals surface area contributed by atoms with Gasteiger partial charge in [0, 0.05) is 19.6 Å². The topological polar surface area (TPSA) is 75.4 Å². The number of hydrogen-bond acceptors (Lipinski definition) is 3. The minimum atomic E-state index is -0.512. The van der Waals surface area contributed by atoms with E-state index >= 15 is 0 Å². The first-order chi connectivity index (χ1) is 10.0. The summed E-state index contributed by atoms with van der Waals surface area (Å²) in [4.78, 5) is 25.9. The van der Waals surface area contributed by atoms with Crippen LogP contribution in [0, 0.1) is 0 Å². The van der Waals surface area contributed by atoms with Gasteiger partial charge in [-0.1, -0.05) is 24.3 Å². The van der Waals surface area contributed by atoms with Crippen LogP contribution in [-0.4, -0.2) is 35.8 Å². The second-order valence-corrected chi connectivity index (χ2v) is 4.95. The highest BCUT2D eigenvalue weighted by Crippen LogP contribution is 2.08. The Morgan fingerprint density at radius 2 is 1.76 bits per heavy atom. The van der Waals surface area contributed by atoms with Gasteiger partial charge in [0.1, 0.15) is 6.04 Å². The van der Waals surface area contributed by atoms with Crippen LogP contribution in [0.25, 0.3) is 0 Å². The van der Waals surface area contributed by atoms with Gasteiger partial charge in [-0.3, -0.25) is 9.59 Å². The number of amides is 2. The Hall–Kier alpha value is -1.88. The normalized spacial score (nSPS) is 11.8. The Kier molecular flexibility index (Phi) is 6.88. The molecule has 1 atom stereocenters. The predicted octanol–water partition coefficient (Wildman–Crippen LogP) is 1.06. The summed E-state index contributed by atoms with van der Waals surface area (Å²) in [5, 5.41) is 2.76. The minimum Gasteiger partial charge on any atom is -0.344 e. The lowest BCUT2D eigenvalue weighted by molar-refractivity contribution is -0.135. The highest BCUT2D eigenvalue weighted by molar-refractivity contribution is 5.88. The third-order valence-electron chi connectivity index (χ3n) is 3.51. The molecule has 21 heavy (non-hydrogen) atoms. The Bertz CT molecular complexity index is 484. The molecule has 5 heteroatoms. The van der Waals surface area contributed by atoms with E-state index in [1.54, 1.807) is 11.8 Å². The van der Waals surface area contributed by atoms with Crippen molar-refractivity contribution in [3.63, 3.8) is 0 Å². The van der Waals surface area contributed by atoms with Gasteiger partial charge in [0.15, 0.2) is 0 Å². The largest absolute Gasteiger partial charge is 0.344 e. The first-order valence-corrected chi connectivity index (χ1v) is 7.38. The van der Waals surface area contributed by atoms with Crippen molar-refractivity contribution < 1.29 is 9.59 Å². The molecule has 0 fully saturated rings. The summed E-state index contributed by atoms with van der Waals surface area (Å²) < 4.78 is 0. The molecule has 3 N–H and O–H groups in total. The van der Waals surface area contributed by atoms with Crippen molar-refractivity contribution in [1.82, 2.24) is 10.2 Å². The monoisotopic (exact) mass is 291 g/mol. The van der Waals surface area contributed by atoms with Crippen molar-refractivity contribution in [1.29, 1.82) is 0 Å². The van der Waals surface area contributed by atoms with E-state index in [0.717, 1.165) is 11.1 Å². The van der Waals surface area contributed by atoms with Gasteiger partial charge in [-0.15, -0.1) is 0 Å². The predicted molar refractivity (Wildman–Crippen MR) is 83.6 cm³/mol. The summed E-state index contributed by atoms with van der Waals surface area (Å²) in [5.74, 6) is -0.218. The zero-order chi connectivity index (χ0) is 15.8. The van der Waals surface area contributed by atoms with Gasteiger partial charge in [-0.25, -0.2) is 0 Å². The first kappa shape index (κ1) is 17.2. The summed E-state index contributed by atoms with van der Waals surface area (Å²) in [7, 11) is 0. The second kappa shape index (κ2) is 8.42. The number of nitrogens with one attached hydrogen (secondary N) is 1. The molecule has 2 amide bonds. The molecule has 0 saturated heterocycles. The lowest BCUT2D eigenvalue weighted by atomic mass is 10.0. The van der Waals surface area contributed by atoms with E-state index in [4.69, 9.17) is 5.73 Å². The van der Waals surface area contributed by atoms with E-state index in [1.807, 2.05) is 38.1 Å². The number of benzene rings is 1. The standard InChI is InChI=1S/C16H25N3O2/c1-4-19(5-2)16(21)12(3)18-15(20)10-13-8-6-7-9-14(13)11-17/h6-9,12H,4-5,10-11,17H2,1-3H3,(H,18,20). The lowest BCUT2D eigenvalue weighted by Crippen LogP contribution is -2.47. The molecule has 0 aliphatic carbocycles. The van der Waals surface area contributed by atoms with E-state index in [2.05, 4.69) is 5.32 Å². The van der Waals surface area contributed by atoms with Gasteiger partial charge in [0.2, 0.25) is 11.8 Å². The van der Waals surface area contributed by atoms with E-state index in [0.29, 0.717) is 19.6 Å². The molecule has 0 bridgehead atoms. The first-order valence-electron chi connectivity index (χ1n) is 7.38. The molecule has 1 unspecified atom stereocenters. The zero-order valence-corrected chi connectivity index (χ0v) is 13.1. The summed E-state index contributed by atoms with van der Waals surface area (Å²) in [6.45, 7) is 7.25. The third kappa shape index (κ3) is 4.86. The smallest absolute Gasteiger partial charge is 0.244 e. The van der Waals surface area contributed by atoms with Crippen LogP contribution in [0.5, 0.6) is 0 Å². The summed E-state index contributed by atoms with van der Waals surface area (Å²) in [6, 6.07) is 7.07. The van der Waals surface area contributed by atoms with Crippen LogP contribution >= 0.6 is 0 Å². The van der Waals surface area contributed by atoms with Gasteiger partial charge < -0.3 is 16.0 Å². The average Bonchev–Trinajstić information content (AvgIpc) is 2.48. The van der Waals surface area contributed by atoms with Crippen LogP contribution < -0.4 is 11.1 Å². The Morgan fingerprint density at radius 1 is 1.19 bits per heavy atom. The average molecular weight is 291 g/mol. The van der Waals surface area contributed by atoms with Gasteiger partial charge >= 0.3 is 0 Å². The number of nitrogens with two attached hydrogens (primary N) is 1. The molecule has 0 aromatic heterocycles. The third-order valence-corrected chi connectivity index (χ3v) is 3.51. The number of carbonyl (C=O) groups is 2. The van der Waals surface area contributed by atoms with Crippen molar-refractivity contribution in [2.75, 3.05) is 13.1 Å². The summed E-state index contributed by atoms with van der Waals surface area (Å²) >= 11 is 0. The number of hydrogen-bond donors (Lipinski definition) is 2. The van der Waals surface area contributed by atoms with Crippen molar-refractivity contribution >= 4 is 11.8 Å². The fourth-order valence-corrected chi connectivity index (χ4v) is 2.27. The lowest BCUT2D eigenvalue weighted by Gasteiger charge is -2.23. The van der Waals surface area contributed by atoms with Crippen molar-refractivity contribution in [3.05, 3.63) is 35.4 Å². The molecule has 0 aliphatic heterocycles. The molecular weight excluding hydrogens is 266 g/mol. The van der Waals surface area contributed by atoms with Crippen molar-refractivity contribution in [2.45, 2.75) is 39.8 Å². The Labute approximate surface area is 126 Å². The second-order valence-electron chi connectivity index (χ2n) is 4.95.